The molecule has 124 valence electrons. The largest absolute Gasteiger partial charge is 0.502 e. The van der Waals surface area contributed by atoms with E-state index in [0.29, 0.717) is 11.3 Å². The van der Waals surface area contributed by atoms with Crippen molar-refractivity contribution in [2.45, 2.75) is 0 Å². The second-order valence-corrected chi connectivity index (χ2v) is 5.68. The molecule has 0 saturated carbocycles. The van der Waals surface area contributed by atoms with Gasteiger partial charge < -0.3 is 9.84 Å². The Bertz CT molecular complexity index is 794. The van der Waals surface area contributed by atoms with Crippen molar-refractivity contribution in [3.8, 4) is 11.5 Å². The number of rotatable bonds is 6. The Labute approximate surface area is 150 Å². The molecular formula is C15H12IN3O5. The van der Waals surface area contributed by atoms with E-state index in [9.17, 15) is 20.0 Å². The molecule has 2 rings (SSSR count). The Hall–Kier alpha value is -2.69. The highest BCUT2D eigenvalue weighted by Crippen LogP contribution is 2.25. The Morgan fingerprint density at radius 3 is 2.83 bits per heavy atom. The second kappa shape index (κ2) is 8.24. The van der Waals surface area contributed by atoms with Gasteiger partial charge in [-0.15, -0.1) is 0 Å². The number of amides is 1. The molecule has 2 N–H and O–H groups in total. The van der Waals surface area contributed by atoms with Crippen LogP contribution in [0.15, 0.2) is 47.6 Å². The van der Waals surface area contributed by atoms with E-state index in [0.717, 1.165) is 9.64 Å². The molecule has 0 aliphatic carbocycles. The zero-order valence-corrected chi connectivity index (χ0v) is 14.3. The number of benzene rings is 2. The van der Waals surface area contributed by atoms with E-state index in [4.69, 9.17) is 4.74 Å². The summed E-state index contributed by atoms with van der Waals surface area (Å²) in [6.07, 6.45) is 1.23. The highest BCUT2D eigenvalue weighted by Gasteiger charge is 2.12. The van der Waals surface area contributed by atoms with Gasteiger partial charge in [0.2, 0.25) is 0 Å². The molecule has 0 atom stereocenters. The van der Waals surface area contributed by atoms with Crippen LogP contribution in [0.2, 0.25) is 0 Å². The van der Waals surface area contributed by atoms with Crippen molar-refractivity contribution in [1.29, 1.82) is 0 Å². The van der Waals surface area contributed by atoms with E-state index in [-0.39, 0.29) is 6.61 Å². The van der Waals surface area contributed by atoms with Gasteiger partial charge in [0.1, 0.15) is 5.75 Å². The predicted octanol–water partition coefficient (Wildman–Crippen LogP) is 2.43. The van der Waals surface area contributed by atoms with Gasteiger partial charge in [0.15, 0.2) is 12.4 Å². The van der Waals surface area contributed by atoms with E-state index in [2.05, 4.69) is 33.1 Å². The first-order chi connectivity index (χ1) is 11.5. The van der Waals surface area contributed by atoms with Crippen LogP contribution in [-0.2, 0) is 4.79 Å². The van der Waals surface area contributed by atoms with E-state index >= 15 is 0 Å². The number of carbonyl (C=O) groups is 1. The van der Waals surface area contributed by atoms with Gasteiger partial charge in [0.25, 0.3) is 5.91 Å². The van der Waals surface area contributed by atoms with Gasteiger partial charge in [-0.05, 0) is 46.9 Å². The lowest BCUT2D eigenvalue weighted by molar-refractivity contribution is -0.385. The van der Waals surface area contributed by atoms with Gasteiger partial charge in [0.05, 0.1) is 14.7 Å². The summed E-state index contributed by atoms with van der Waals surface area (Å²) in [7, 11) is 0. The van der Waals surface area contributed by atoms with Gasteiger partial charge >= 0.3 is 5.69 Å². The summed E-state index contributed by atoms with van der Waals surface area (Å²) in [5.41, 5.74) is 2.18. The number of phenolic OH excluding ortho intramolecular Hbond substituents is 1. The van der Waals surface area contributed by atoms with E-state index in [1.807, 2.05) is 12.1 Å². The molecule has 0 fully saturated rings. The number of hydrogen-bond acceptors (Lipinski definition) is 6. The normalized spacial score (nSPS) is 10.5. The SMILES string of the molecule is O=C(COc1ccccc1I)N/N=C/c1ccc(O)c([N+](=O)[O-])c1. The first-order valence-corrected chi connectivity index (χ1v) is 7.72. The fourth-order valence-corrected chi connectivity index (χ4v) is 2.23. The summed E-state index contributed by atoms with van der Waals surface area (Å²) in [6.45, 7) is -0.215. The summed E-state index contributed by atoms with van der Waals surface area (Å²) >= 11 is 2.09. The number of nitrogens with one attached hydrogen (secondary N) is 1. The average molecular weight is 441 g/mol. The summed E-state index contributed by atoms with van der Waals surface area (Å²) in [5.74, 6) is -0.322. The van der Waals surface area contributed by atoms with Crippen LogP contribution < -0.4 is 10.2 Å². The van der Waals surface area contributed by atoms with Crippen molar-refractivity contribution in [1.82, 2.24) is 5.43 Å². The Kier molecular flexibility index (Phi) is 6.07. The van der Waals surface area contributed by atoms with E-state index in [1.165, 1.54) is 18.3 Å². The highest BCUT2D eigenvalue weighted by molar-refractivity contribution is 14.1. The molecule has 0 heterocycles. The topological polar surface area (TPSA) is 114 Å². The molecule has 8 nitrogen and oxygen atoms in total. The number of ether oxygens (including phenoxy) is 1. The van der Waals surface area contributed by atoms with Gasteiger partial charge in [-0.25, -0.2) is 5.43 Å². The maximum Gasteiger partial charge on any atom is 0.311 e. The van der Waals surface area contributed by atoms with Crippen LogP contribution in [0.25, 0.3) is 0 Å². The molecular weight excluding hydrogens is 429 g/mol. The third-order valence-electron chi connectivity index (χ3n) is 2.79. The van der Waals surface area contributed by atoms with Crippen molar-refractivity contribution in [3.05, 3.63) is 61.7 Å². The molecule has 0 saturated heterocycles. The number of hydrazone groups is 1. The van der Waals surface area contributed by atoms with Crippen molar-refractivity contribution in [2.75, 3.05) is 6.61 Å². The average Bonchev–Trinajstić information content (AvgIpc) is 2.55. The Balaban J connectivity index is 1.90. The molecule has 2 aromatic carbocycles. The van der Waals surface area contributed by atoms with Crippen LogP contribution in [0.5, 0.6) is 11.5 Å². The van der Waals surface area contributed by atoms with Gasteiger partial charge in [-0.1, -0.05) is 12.1 Å². The summed E-state index contributed by atoms with van der Waals surface area (Å²) in [5, 5.41) is 23.8. The molecule has 0 spiro atoms. The predicted molar refractivity (Wildman–Crippen MR) is 95.2 cm³/mol. The third kappa shape index (κ3) is 4.91. The van der Waals surface area contributed by atoms with Gasteiger partial charge in [-0.3, -0.25) is 14.9 Å². The van der Waals surface area contributed by atoms with Crippen LogP contribution in [-0.4, -0.2) is 28.8 Å². The first kappa shape index (κ1) is 17.7. The lowest BCUT2D eigenvalue weighted by atomic mass is 10.2. The number of nitro groups is 1. The van der Waals surface area contributed by atoms with Crippen LogP contribution >= 0.6 is 22.6 Å². The number of nitro benzene ring substituents is 1. The molecule has 0 bridgehead atoms. The van der Waals surface area contributed by atoms with Crippen molar-refractivity contribution >= 4 is 40.4 Å². The zero-order chi connectivity index (χ0) is 17.5. The second-order valence-electron chi connectivity index (χ2n) is 4.52. The number of para-hydroxylation sites is 1. The molecule has 0 radical (unpaired) electrons. The molecule has 9 heteroatoms. The Morgan fingerprint density at radius 2 is 2.12 bits per heavy atom. The number of carbonyl (C=O) groups excluding carboxylic acids is 1. The Morgan fingerprint density at radius 1 is 1.38 bits per heavy atom. The minimum Gasteiger partial charge on any atom is -0.502 e. The molecule has 2 aromatic rings. The molecule has 0 aliphatic heterocycles. The van der Waals surface area contributed by atoms with Gasteiger partial charge in [0, 0.05) is 11.6 Å². The number of nitrogens with zero attached hydrogens (tertiary/aromatic N) is 2. The lowest BCUT2D eigenvalue weighted by Crippen LogP contribution is -2.24. The number of halogens is 1. The van der Waals surface area contributed by atoms with Crippen LogP contribution in [0, 0.1) is 13.7 Å². The summed E-state index contributed by atoms with van der Waals surface area (Å²) in [4.78, 5) is 21.7. The number of hydrogen-bond donors (Lipinski definition) is 2. The lowest BCUT2D eigenvalue weighted by Gasteiger charge is -2.06. The molecule has 0 unspecified atom stereocenters. The number of aromatic hydroxyl groups is 1. The van der Waals surface area contributed by atoms with Gasteiger partial charge in [-0.2, -0.15) is 5.10 Å². The van der Waals surface area contributed by atoms with E-state index < -0.39 is 22.3 Å². The molecule has 0 aliphatic rings. The fourth-order valence-electron chi connectivity index (χ4n) is 1.68. The minimum atomic E-state index is -0.708. The summed E-state index contributed by atoms with van der Waals surface area (Å²) < 4.78 is 6.23. The maximum absolute atomic E-state index is 11.6. The first-order valence-electron chi connectivity index (χ1n) is 6.64. The summed E-state index contributed by atoms with van der Waals surface area (Å²) in [6, 6.07) is 11.0. The van der Waals surface area contributed by atoms with E-state index in [1.54, 1.807) is 12.1 Å². The fraction of sp³-hybridized carbons (Fsp3) is 0.0667. The minimum absolute atomic E-state index is 0.215. The van der Waals surface area contributed by atoms with Crippen LogP contribution in [0.3, 0.4) is 0 Å². The maximum atomic E-state index is 11.6. The molecule has 0 aromatic heterocycles. The number of phenols is 1. The standard InChI is InChI=1S/C15H12IN3O5/c16-11-3-1-2-4-14(11)24-9-15(21)18-17-8-10-5-6-13(20)12(7-10)19(22)23/h1-8,20H,9H2,(H,18,21)/b17-8+. The van der Waals surface area contributed by atoms with Crippen molar-refractivity contribution < 1.29 is 19.6 Å². The zero-order valence-electron chi connectivity index (χ0n) is 12.2. The smallest absolute Gasteiger partial charge is 0.311 e. The monoisotopic (exact) mass is 441 g/mol. The van der Waals surface area contributed by atoms with Crippen LogP contribution in [0.4, 0.5) is 5.69 Å². The van der Waals surface area contributed by atoms with Crippen molar-refractivity contribution in [3.63, 3.8) is 0 Å². The molecule has 1 amide bonds. The quantitative estimate of drug-likeness (QED) is 0.310. The van der Waals surface area contributed by atoms with Crippen LogP contribution in [0.1, 0.15) is 5.56 Å². The highest BCUT2D eigenvalue weighted by atomic mass is 127. The van der Waals surface area contributed by atoms with Crippen molar-refractivity contribution in [2.24, 2.45) is 5.10 Å². The molecule has 24 heavy (non-hydrogen) atoms. The third-order valence-corrected chi connectivity index (χ3v) is 3.69.